The van der Waals surface area contributed by atoms with E-state index < -0.39 is 0 Å². The smallest absolute Gasteiger partial charge is 0.0250 e. The van der Waals surface area contributed by atoms with E-state index in [0.29, 0.717) is 17.5 Å². The summed E-state index contributed by atoms with van der Waals surface area (Å²) in [4.78, 5) is 2.66. The van der Waals surface area contributed by atoms with Crippen LogP contribution in [-0.2, 0) is 0 Å². The van der Waals surface area contributed by atoms with Gasteiger partial charge in [-0.2, -0.15) is 0 Å². The number of nitrogens with two attached hydrogens (primary N) is 1. The van der Waals surface area contributed by atoms with Gasteiger partial charge in [-0.1, -0.05) is 20.8 Å². The number of hydrogen-bond acceptors (Lipinski definition) is 2. The van der Waals surface area contributed by atoms with Crippen LogP contribution in [0.5, 0.6) is 0 Å². The number of hydrogen-bond donors (Lipinski definition) is 1. The number of likely N-dealkylation sites (tertiary alicyclic amines) is 1. The first-order valence-corrected chi connectivity index (χ1v) is 6.98. The van der Waals surface area contributed by atoms with Crippen molar-refractivity contribution in [3.05, 3.63) is 0 Å². The van der Waals surface area contributed by atoms with Crippen LogP contribution < -0.4 is 5.73 Å². The molecule has 94 valence electrons. The van der Waals surface area contributed by atoms with Crippen LogP contribution in [0, 0.1) is 11.3 Å². The summed E-state index contributed by atoms with van der Waals surface area (Å²) in [5.41, 5.74) is 6.78. The third-order valence-electron chi connectivity index (χ3n) is 4.70. The molecule has 0 spiro atoms. The topological polar surface area (TPSA) is 29.3 Å². The van der Waals surface area contributed by atoms with Crippen LogP contribution >= 0.6 is 0 Å². The zero-order valence-corrected chi connectivity index (χ0v) is 11.2. The van der Waals surface area contributed by atoms with E-state index in [-0.39, 0.29) is 0 Å². The van der Waals surface area contributed by atoms with Gasteiger partial charge in [0.05, 0.1) is 0 Å². The van der Waals surface area contributed by atoms with Crippen molar-refractivity contribution in [1.82, 2.24) is 4.90 Å². The highest BCUT2D eigenvalue weighted by molar-refractivity contribution is 4.93. The molecule has 0 aromatic carbocycles. The first kappa shape index (κ1) is 12.4. The maximum absolute atomic E-state index is 6.32. The molecule has 0 bridgehead atoms. The Morgan fingerprint density at radius 1 is 1.06 bits per heavy atom. The van der Waals surface area contributed by atoms with Gasteiger partial charge in [-0.15, -0.1) is 0 Å². The van der Waals surface area contributed by atoms with Gasteiger partial charge < -0.3 is 5.73 Å². The Labute approximate surface area is 101 Å². The lowest BCUT2D eigenvalue weighted by molar-refractivity contribution is 0.0833. The minimum Gasteiger partial charge on any atom is -0.326 e. The van der Waals surface area contributed by atoms with Gasteiger partial charge in [0.15, 0.2) is 0 Å². The second-order valence-corrected chi connectivity index (χ2v) is 6.85. The van der Waals surface area contributed by atoms with Crippen LogP contribution in [-0.4, -0.2) is 30.1 Å². The largest absolute Gasteiger partial charge is 0.326 e. The van der Waals surface area contributed by atoms with Crippen LogP contribution in [0.4, 0.5) is 0 Å². The minimum atomic E-state index is 0.427. The molecule has 2 fully saturated rings. The molecule has 3 atom stereocenters. The lowest BCUT2D eigenvalue weighted by Gasteiger charge is -2.44. The Kier molecular flexibility index (Phi) is 3.60. The molecular formula is C14H28N2. The van der Waals surface area contributed by atoms with Crippen LogP contribution in [0.25, 0.3) is 0 Å². The standard InChI is InChI=1S/C14H28N2/c1-14(2,3)11-6-7-12(15)13(10-11)16-8-4-5-9-16/h11-13H,4-10,15H2,1-3H3. The van der Waals surface area contributed by atoms with Gasteiger partial charge >= 0.3 is 0 Å². The summed E-state index contributed by atoms with van der Waals surface area (Å²) in [6, 6.07) is 1.09. The quantitative estimate of drug-likeness (QED) is 0.742. The van der Waals surface area contributed by atoms with E-state index in [2.05, 4.69) is 25.7 Å². The van der Waals surface area contributed by atoms with Gasteiger partial charge in [-0.05, 0) is 56.5 Å². The molecule has 2 heteroatoms. The molecule has 2 nitrogen and oxygen atoms in total. The van der Waals surface area contributed by atoms with Crippen molar-refractivity contribution in [2.45, 2.75) is 65.0 Å². The van der Waals surface area contributed by atoms with E-state index >= 15 is 0 Å². The maximum atomic E-state index is 6.32. The fourth-order valence-electron chi connectivity index (χ4n) is 3.45. The summed E-state index contributed by atoms with van der Waals surface area (Å²) >= 11 is 0. The monoisotopic (exact) mass is 224 g/mol. The van der Waals surface area contributed by atoms with Gasteiger partial charge in [0.1, 0.15) is 0 Å². The van der Waals surface area contributed by atoms with Gasteiger partial charge in [0, 0.05) is 12.1 Å². The Morgan fingerprint density at radius 3 is 2.25 bits per heavy atom. The van der Waals surface area contributed by atoms with E-state index in [9.17, 15) is 0 Å². The summed E-state index contributed by atoms with van der Waals surface area (Å²) in [6.45, 7) is 9.73. The van der Waals surface area contributed by atoms with Crippen molar-refractivity contribution in [2.75, 3.05) is 13.1 Å². The molecule has 0 radical (unpaired) electrons. The lowest BCUT2D eigenvalue weighted by Crippen LogP contribution is -2.51. The average Bonchev–Trinajstić information content (AvgIpc) is 2.69. The Balaban J connectivity index is 2.00. The van der Waals surface area contributed by atoms with Crippen LogP contribution in [0.2, 0.25) is 0 Å². The molecule has 2 aliphatic rings. The molecule has 1 heterocycles. The van der Waals surface area contributed by atoms with E-state index in [1.165, 1.54) is 45.2 Å². The van der Waals surface area contributed by atoms with Gasteiger partial charge in [-0.25, -0.2) is 0 Å². The van der Waals surface area contributed by atoms with Crippen LogP contribution in [0.1, 0.15) is 52.9 Å². The molecule has 0 aromatic heterocycles. The number of nitrogens with zero attached hydrogens (tertiary/aromatic N) is 1. The average molecular weight is 224 g/mol. The van der Waals surface area contributed by atoms with E-state index in [0.717, 1.165) is 5.92 Å². The van der Waals surface area contributed by atoms with Crippen molar-refractivity contribution in [3.63, 3.8) is 0 Å². The molecule has 0 amide bonds. The van der Waals surface area contributed by atoms with Crippen molar-refractivity contribution >= 4 is 0 Å². The third-order valence-corrected chi connectivity index (χ3v) is 4.70. The second kappa shape index (κ2) is 4.66. The predicted octanol–water partition coefficient (Wildman–Crippen LogP) is 2.62. The first-order valence-electron chi connectivity index (χ1n) is 6.98. The fraction of sp³-hybridized carbons (Fsp3) is 1.00. The van der Waals surface area contributed by atoms with Crippen molar-refractivity contribution in [1.29, 1.82) is 0 Å². The normalized spacial score (nSPS) is 37.9. The Bertz CT molecular complexity index is 225. The molecule has 1 saturated heterocycles. The molecule has 16 heavy (non-hydrogen) atoms. The summed E-state index contributed by atoms with van der Waals surface area (Å²) in [5.74, 6) is 0.859. The highest BCUT2D eigenvalue weighted by Gasteiger charge is 2.37. The summed E-state index contributed by atoms with van der Waals surface area (Å²) in [7, 11) is 0. The summed E-state index contributed by atoms with van der Waals surface area (Å²) < 4.78 is 0. The van der Waals surface area contributed by atoms with E-state index in [1.807, 2.05) is 0 Å². The van der Waals surface area contributed by atoms with E-state index in [4.69, 9.17) is 5.73 Å². The summed E-state index contributed by atoms with van der Waals surface area (Å²) in [6.07, 6.45) is 6.63. The van der Waals surface area contributed by atoms with Gasteiger partial charge in [0.25, 0.3) is 0 Å². The highest BCUT2D eigenvalue weighted by Crippen LogP contribution is 2.39. The fourth-order valence-corrected chi connectivity index (χ4v) is 3.45. The molecular weight excluding hydrogens is 196 g/mol. The zero-order chi connectivity index (χ0) is 11.8. The minimum absolute atomic E-state index is 0.427. The lowest BCUT2D eigenvalue weighted by atomic mass is 9.69. The molecule has 0 aromatic rings. The van der Waals surface area contributed by atoms with Crippen molar-refractivity contribution < 1.29 is 0 Å². The second-order valence-electron chi connectivity index (χ2n) is 6.85. The SMILES string of the molecule is CC(C)(C)C1CCC(N)C(N2CCCC2)C1. The highest BCUT2D eigenvalue weighted by atomic mass is 15.2. The molecule has 1 saturated carbocycles. The van der Waals surface area contributed by atoms with Crippen LogP contribution in [0.3, 0.4) is 0 Å². The Morgan fingerprint density at radius 2 is 1.69 bits per heavy atom. The molecule has 2 rings (SSSR count). The van der Waals surface area contributed by atoms with Crippen LogP contribution in [0.15, 0.2) is 0 Å². The van der Waals surface area contributed by atoms with E-state index in [1.54, 1.807) is 0 Å². The number of rotatable bonds is 1. The predicted molar refractivity (Wildman–Crippen MR) is 69.4 cm³/mol. The zero-order valence-electron chi connectivity index (χ0n) is 11.2. The third kappa shape index (κ3) is 2.60. The molecule has 1 aliphatic heterocycles. The van der Waals surface area contributed by atoms with Crippen molar-refractivity contribution in [2.24, 2.45) is 17.1 Å². The summed E-state index contributed by atoms with van der Waals surface area (Å²) in [5, 5.41) is 0. The molecule has 1 aliphatic carbocycles. The molecule has 2 N–H and O–H groups in total. The van der Waals surface area contributed by atoms with Gasteiger partial charge in [-0.3, -0.25) is 4.90 Å². The Hall–Kier alpha value is -0.0800. The maximum Gasteiger partial charge on any atom is 0.0250 e. The first-order chi connectivity index (χ1) is 7.48. The molecule has 3 unspecified atom stereocenters. The van der Waals surface area contributed by atoms with Crippen molar-refractivity contribution in [3.8, 4) is 0 Å². The van der Waals surface area contributed by atoms with Gasteiger partial charge in [0.2, 0.25) is 0 Å².